The Morgan fingerprint density at radius 1 is 0.983 bits per heavy atom. The molecule has 2 aromatic heterocycles. The average Bonchev–Trinajstić information content (AvgIpc) is 3.78. The number of hydrogen-bond acceptors (Lipinski definition) is 13. The molecule has 4 rings (SSSR count). The van der Waals surface area contributed by atoms with Crippen molar-refractivity contribution in [2.24, 2.45) is 0 Å². The number of benzene rings is 1. The van der Waals surface area contributed by atoms with E-state index in [2.05, 4.69) is 17.0 Å². The van der Waals surface area contributed by atoms with Gasteiger partial charge in [0.25, 0.3) is 0 Å². The van der Waals surface area contributed by atoms with Crippen molar-refractivity contribution < 1.29 is 47.3 Å². The maximum absolute atomic E-state index is 14.2. The molecule has 1 fully saturated rings. The normalized spacial score (nSPS) is 21.3. The number of phosphoric acid groups is 1. The molecule has 1 aliphatic rings. The van der Waals surface area contributed by atoms with E-state index in [1.54, 1.807) is 13.0 Å². The Morgan fingerprint density at radius 2 is 1.61 bits per heavy atom. The summed E-state index contributed by atoms with van der Waals surface area (Å²) in [5, 5.41) is 46.2. The van der Waals surface area contributed by atoms with E-state index in [0.717, 1.165) is 38.1 Å². The van der Waals surface area contributed by atoms with E-state index in [4.69, 9.17) is 29.0 Å². The molecule has 3 aromatic rings. The van der Waals surface area contributed by atoms with Crippen LogP contribution in [0.25, 0.3) is 5.52 Å². The number of hydrogen-bond donors (Lipinski definition) is 4. The number of rotatable bonds is 29. The molecular weight excluding hydrogens is 782 g/mol. The van der Waals surface area contributed by atoms with Crippen molar-refractivity contribution in [2.45, 2.75) is 146 Å². The first-order valence-electron chi connectivity index (χ1n) is 20.9. The van der Waals surface area contributed by atoms with Crippen LogP contribution in [0.1, 0.15) is 133 Å². The molecule has 1 aromatic carbocycles. The summed E-state index contributed by atoms with van der Waals surface area (Å²) < 4.78 is 56.7. The number of nitrogens with zero attached hydrogens (tertiary/aromatic N) is 5. The van der Waals surface area contributed by atoms with E-state index in [1.165, 1.54) is 106 Å². The van der Waals surface area contributed by atoms with Gasteiger partial charge in [0.05, 0.1) is 43.8 Å². The van der Waals surface area contributed by atoms with E-state index in [-0.39, 0.29) is 30.3 Å². The molecule has 17 heteroatoms. The number of nitriles is 2. The molecule has 1 saturated heterocycles. The van der Waals surface area contributed by atoms with Crippen LogP contribution in [0.4, 0.5) is 10.2 Å². The predicted octanol–water partition coefficient (Wildman–Crippen LogP) is 7.55. The SMILES string of the molecule is CCCCCCCCCCCCCCCCCCOCC(C)(COP(=O)(O)OC[C@@]1(C#N)OC[C@@](O)(c2ccc3c(N)ncnn23)[C@@H]1O)OCc1cc(F)cc(C#N)c1. The summed E-state index contributed by atoms with van der Waals surface area (Å²) in [6.45, 7) is 1.91. The van der Waals surface area contributed by atoms with Gasteiger partial charge >= 0.3 is 7.82 Å². The van der Waals surface area contributed by atoms with E-state index in [9.17, 15) is 34.6 Å². The van der Waals surface area contributed by atoms with Crippen molar-refractivity contribution in [3.8, 4) is 12.1 Å². The lowest BCUT2D eigenvalue weighted by atomic mass is 9.86. The number of anilines is 1. The fraction of sp³-hybridized carbons (Fsp3) is 0.667. The first kappa shape index (κ1) is 48.1. The Morgan fingerprint density at radius 3 is 2.22 bits per heavy atom. The van der Waals surface area contributed by atoms with Gasteiger partial charge in [0, 0.05) is 6.61 Å². The Labute approximate surface area is 347 Å². The molecule has 1 aliphatic heterocycles. The van der Waals surface area contributed by atoms with Crippen LogP contribution in [0, 0.1) is 28.5 Å². The zero-order chi connectivity index (χ0) is 42.8. The smallest absolute Gasteiger partial charge is 0.385 e. The molecule has 0 bridgehead atoms. The van der Waals surface area contributed by atoms with Crippen LogP contribution >= 0.6 is 7.82 Å². The molecule has 5 N–H and O–H groups in total. The van der Waals surface area contributed by atoms with Crippen LogP contribution in [-0.2, 0) is 40.0 Å². The lowest BCUT2D eigenvalue weighted by molar-refractivity contribution is -0.121. The Bertz CT molecular complexity index is 1890. The quantitative estimate of drug-likeness (QED) is 0.0391. The summed E-state index contributed by atoms with van der Waals surface area (Å²) in [5.74, 6) is -0.508. The number of unbranched alkanes of at least 4 members (excludes halogenated alkanes) is 15. The highest BCUT2D eigenvalue weighted by atomic mass is 31.2. The summed E-state index contributed by atoms with van der Waals surface area (Å²) in [6, 6.07) is 10.4. The van der Waals surface area contributed by atoms with Gasteiger partial charge < -0.3 is 35.1 Å². The van der Waals surface area contributed by atoms with Crippen LogP contribution in [-0.4, -0.2) is 80.0 Å². The van der Waals surface area contributed by atoms with Crippen LogP contribution in [0.3, 0.4) is 0 Å². The second-order valence-corrected chi connectivity index (χ2v) is 17.3. The largest absolute Gasteiger partial charge is 0.472 e. The number of aliphatic hydroxyl groups excluding tert-OH is 1. The highest BCUT2D eigenvalue weighted by Gasteiger charge is 2.61. The minimum absolute atomic E-state index is 0.0438. The van der Waals surface area contributed by atoms with Crippen molar-refractivity contribution >= 4 is 19.2 Å². The van der Waals surface area contributed by atoms with E-state index in [0.29, 0.717) is 17.7 Å². The van der Waals surface area contributed by atoms with E-state index >= 15 is 0 Å². The van der Waals surface area contributed by atoms with Crippen LogP contribution in [0.2, 0.25) is 0 Å². The van der Waals surface area contributed by atoms with Gasteiger partial charge in [-0.2, -0.15) is 15.6 Å². The minimum atomic E-state index is -4.97. The molecule has 15 nitrogen and oxygen atoms in total. The maximum atomic E-state index is 14.2. The lowest BCUT2D eigenvalue weighted by Crippen LogP contribution is -2.50. The Hall–Kier alpha value is -3.54. The number of aromatic nitrogens is 3. The predicted molar refractivity (Wildman–Crippen MR) is 218 cm³/mol. The fourth-order valence-electron chi connectivity index (χ4n) is 7.18. The highest BCUT2D eigenvalue weighted by molar-refractivity contribution is 7.47. The van der Waals surface area contributed by atoms with Crippen molar-refractivity contribution in [2.75, 3.05) is 38.8 Å². The Kier molecular flexibility index (Phi) is 19.1. The number of ether oxygens (including phenoxy) is 3. The van der Waals surface area contributed by atoms with Gasteiger partial charge in [-0.25, -0.2) is 18.5 Å². The number of aliphatic hydroxyl groups is 2. The molecule has 5 atom stereocenters. The number of halogens is 1. The minimum Gasteiger partial charge on any atom is -0.385 e. The van der Waals surface area contributed by atoms with Gasteiger partial charge in [0.15, 0.2) is 11.4 Å². The number of nitrogen functional groups attached to an aromatic ring is 1. The second kappa shape index (κ2) is 23.5. The number of phosphoric ester groups is 1. The summed E-state index contributed by atoms with van der Waals surface area (Å²) in [5.41, 5.74) is 0.911. The zero-order valence-corrected chi connectivity index (χ0v) is 35.4. The topological polar surface area (TPSA) is 228 Å². The second-order valence-electron chi connectivity index (χ2n) is 15.8. The molecule has 59 heavy (non-hydrogen) atoms. The molecule has 0 saturated carbocycles. The fourth-order valence-corrected chi connectivity index (χ4v) is 8.04. The van der Waals surface area contributed by atoms with Crippen molar-refractivity contribution in [3.63, 3.8) is 0 Å². The summed E-state index contributed by atoms with van der Waals surface area (Å²) in [4.78, 5) is 14.6. The van der Waals surface area contributed by atoms with Crippen LogP contribution in [0.15, 0.2) is 36.7 Å². The molecule has 0 radical (unpaired) electrons. The van der Waals surface area contributed by atoms with Gasteiger partial charge in [-0.3, -0.25) is 9.05 Å². The average molecular weight is 845 g/mol. The summed E-state index contributed by atoms with van der Waals surface area (Å²) >= 11 is 0. The third-order valence-electron chi connectivity index (χ3n) is 10.8. The Balaban J connectivity index is 1.24. The van der Waals surface area contributed by atoms with Gasteiger partial charge in [-0.05, 0) is 49.2 Å². The van der Waals surface area contributed by atoms with Gasteiger partial charge in [0.1, 0.15) is 42.0 Å². The molecule has 0 aliphatic carbocycles. The van der Waals surface area contributed by atoms with Crippen molar-refractivity contribution in [3.05, 3.63) is 59.3 Å². The third-order valence-corrected chi connectivity index (χ3v) is 11.7. The van der Waals surface area contributed by atoms with Crippen molar-refractivity contribution in [1.82, 2.24) is 14.6 Å². The highest BCUT2D eigenvalue weighted by Crippen LogP contribution is 2.48. The molecule has 326 valence electrons. The molecule has 0 amide bonds. The number of fused-ring (bicyclic) bond motifs is 1. The zero-order valence-electron chi connectivity index (χ0n) is 34.5. The maximum Gasteiger partial charge on any atom is 0.472 e. The summed E-state index contributed by atoms with van der Waals surface area (Å²) in [6.07, 6.45) is 19.1. The third kappa shape index (κ3) is 14.3. The molecule has 2 unspecified atom stereocenters. The first-order chi connectivity index (χ1) is 28.3. The standard InChI is InChI=1S/C42H62FN6O9P/c1-3-4-5-6-7-8-9-10-11-12-13-14-15-16-17-18-21-54-28-40(2,55-26-34-22-33(25-44)23-35(43)24-34)29-57-59(52,53)58-30-41(27-45)39(50)42(51,31-56-41)37-20-19-36-38(46)47-32-48-49(36)37/h19-20,22-24,32,39,50-51H,3-18,21,26,28-31H2,1-2H3,(H,52,53)(H2,46,47,48)/t39-,40?,41-,42-/m1/s1. The van der Waals surface area contributed by atoms with Gasteiger partial charge in [-0.1, -0.05) is 103 Å². The molecule has 0 spiro atoms. The van der Waals surface area contributed by atoms with Crippen LogP contribution in [0.5, 0.6) is 0 Å². The first-order valence-corrected chi connectivity index (χ1v) is 22.4. The van der Waals surface area contributed by atoms with E-state index < -0.39 is 56.4 Å². The lowest BCUT2D eigenvalue weighted by Gasteiger charge is -2.31. The van der Waals surface area contributed by atoms with Gasteiger partial charge in [-0.15, -0.1) is 0 Å². The monoisotopic (exact) mass is 844 g/mol. The van der Waals surface area contributed by atoms with Crippen LogP contribution < -0.4 is 5.73 Å². The number of nitrogens with two attached hydrogens (primary N) is 1. The summed E-state index contributed by atoms with van der Waals surface area (Å²) in [7, 11) is -4.97. The van der Waals surface area contributed by atoms with Gasteiger partial charge in [0.2, 0.25) is 5.60 Å². The molecular formula is C42H62FN6O9P. The molecule has 3 heterocycles. The van der Waals surface area contributed by atoms with E-state index in [1.807, 2.05) is 6.07 Å². The van der Waals surface area contributed by atoms with Crippen molar-refractivity contribution in [1.29, 1.82) is 10.5 Å².